The van der Waals surface area contributed by atoms with Crippen molar-refractivity contribution in [1.29, 1.82) is 0 Å². The monoisotopic (exact) mass is 601 g/mol. The predicted molar refractivity (Wildman–Crippen MR) is 151 cm³/mol. The Bertz CT molecular complexity index is 1320. The van der Waals surface area contributed by atoms with E-state index >= 15 is 0 Å². The van der Waals surface area contributed by atoms with Gasteiger partial charge in [-0.05, 0) is 67.4 Å². The van der Waals surface area contributed by atoms with Crippen LogP contribution in [0.4, 0.5) is 5.69 Å². The lowest BCUT2D eigenvalue weighted by Crippen LogP contribution is -2.51. The number of ether oxygens (including phenoxy) is 1. The number of hydrogen-bond acceptors (Lipinski definition) is 5. The first-order valence-electron chi connectivity index (χ1n) is 12.2. The molecule has 0 fully saturated rings. The summed E-state index contributed by atoms with van der Waals surface area (Å²) in [5, 5.41) is 2.83. The maximum Gasteiger partial charge on any atom is 0.264 e. The molecule has 0 radical (unpaired) electrons. The highest BCUT2D eigenvalue weighted by molar-refractivity contribution is 9.10. The van der Waals surface area contributed by atoms with Crippen LogP contribution in [0.3, 0.4) is 0 Å². The van der Waals surface area contributed by atoms with Gasteiger partial charge >= 0.3 is 0 Å². The summed E-state index contributed by atoms with van der Waals surface area (Å²) in [5.41, 5.74) is 1.10. The van der Waals surface area contributed by atoms with Gasteiger partial charge in [0.05, 0.1) is 17.7 Å². The second-order valence-corrected chi connectivity index (χ2v) is 11.4. The molecule has 0 heterocycles. The van der Waals surface area contributed by atoms with Crippen LogP contribution < -0.4 is 14.4 Å². The third kappa shape index (κ3) is 7.35. The summed E-state index contributed by atoms with van der Waals surface area (Å²) in [5.74, 6) is -0.159. The van der Waals surface area contributed by atoms with Crippen molar-refractivity contribution in [3.8, 4) is 5.75 Å². The van der Waals surface area contributed by atoms with Gasteiger partial charge in [0.25, 0.3) is 10.0 Å². The van der Waals surface area contributed by atoms with Crippen LogP contribution in [-0.2, 0) is 26.2 Å². The maximum atomic E-state index is 13.8. The molecule has 0 aromatic heterocycles. The van der Waals surface area contributed by atoms with E-state index in [0.29, 0.717) is 18.0 Å². The first-order chi connectivity index (χ1) is 18.2. The number of carbonyl (C=O) groups excluding carboxylic acids is 2. The number of methoxy groups -OCH3 is 1. The predicted octanol–water partition coefficient (Wildman–Crippen LogP) is 4.60. The van der Waals surface area contributed by atoms with E-state index in [2.05, 4.69) is 21.2 Å². The number of halogens is 1. The molecule has 1 atom stereocenters. The number of carbonyl (C=O) groups is 2. The van der Waals surface area contributed by atoms with Crippen LogP contribution in [-0.4, -0.2) is 51.4 Å². The van der Waals surface area contributed by atoms with Gasteiger partial charge in [0.1, 0.15) is 18.3 Å². The fraction of sp³-hybridized carbons (Fsp3) is 0.286. The molecular formula is C28H32BrN3O5S. The molecule has 0 spiro atoms. The van der Waals surface area contributed by atoms with Crippen molar-refractivity contribution in [3.63, 3.8) is 0 Å². The van der Waals surface area contributed by atoms with E-state index in [1.165, 1.54) is 17.0 Å². The fourth-order valence-corrected chi connectivity index (χ4v) is 5.46. The van der Waals surface area contributed by atoms with E-state index in [4.69, 9.17) is 4.74 Å². The Morgan fingerprint density at radius 3 is 2.18 bits per heavy atom. The Kier molecular flexibility index (Phi) is 10.3. The number of nitrogens with zero attached hydrogens (tertiary/aromatic N) is 2. The quantitative estimate of drug-likeness (QED) is 0.327. The average molecular weight is 603 g/mol. The first-order valence-corrected chi connectivity index (χ1v) is 14.4. The molecule has 1 N–H and O–H groups in total. The SMILES string of the molecule is CCCNC(=O)C(C)N(Cc1ccc(OC)cc1)C(=O)CN(c1ccc(Br)cc1)S(=O)(=O)c1ccccc1. The van der Waals surface area contributed by atoms with E-state index in [0.717, 1.165) is 20.8 Å². The number of anilines is 1. The first kappa shape index (κ1) is 29.2. The van der Waals surface area contributed by atoms with Gasteiger partial charge < -0.3 is 15.0 Å². The summed E-state index contributed by atoms with van der Waals surface area (Å²) in [4.78, 5) is 28.2. The molecule has 3 rings (SSSR count). The molecule has 0 aliphatic rings. The largest absolute Gasteiger partial charge is 0.497 e. The Morgan fingerprint density at radius 1 is 0.974 bits per heavy atom. The van der Waals surface area contributed by atoms with E-state index in [1.54, 1.807) is 68.6 Å². The lowest BCUT2D eigenvalue weighted by Gasteiger charge is -2.32. The number of sulfonamides is 1. The fourth-order valence-electron chi connectivity index (χ4n) is 3.76. The van der Waals surface area contributed by atoms with Gasteiger partial charge in [-0.3, -0.25) is 13.9 Å². The molecule has 0 aliphatic heterocycles. The van der Waals surface area contributed by atoms with Crippen LogP contribution >= 0.6 is 15.9 Å². The lowest BCUT2D eigenvalue weighted by atomic mass is 10.1. The highest BCUT2D eigenvalue weighted by Crippen LogP contribution is 2.26. The summed E-state index contributed by atoms with van der Waals surface area (Å²) in [6.07, 6.45) is 0.748. The van der Waals surface area contributed by atoms with Crippen LogP contribution in [0.5, 0.6) is 5.75 Å². The zero-order valence-corrected chi connectivity index (χ0v) is 24.0. The van der Waals surface area contributed by atoms with Gasteiger partial charge in [-0.15, -0.1) is 0 Å². The van der Waals surface area contributed by atoms with Crippen molar-refractivity contribution < 1.29 is 22.7 Å². The Balaban J connectivity index is 1.99. The average Bonchev–Trinajstić information content (AvgIpc) is 2.94. The van der Waals surface area contributed by atoms with E-state index in [1.807, 2.05) is 19.1 Å². The van der Waals surface area contributed by atoms with Crippen LogP contribution in [0, 0.1) is 0 Å². The van der Waals surface area contributed by atoms with Crippen molar-refractivity contribution in [2.45, 2.75) is 37.8 Å². The molecule has 1 unspecified atom stereocenters. The topological polar surface area (TPSA) is 96.0 Å². The molecular weight excluding hydrogens is 570 g/mol. The Hall–Kier alpha value is -3.37. The molecule has 202 valence electrons. The number of nitrogens with one attached hydrogen (secondary N) is 1. The number of amides is 2. The molecule has 8 nitrogen and oxygen atoms in total. The summed E-state index contributed by atoms with van der Waals surface area (Å²) in [6.45, 7) is 3.68. The van der Waals surface area contributed by atoms with Gasteiger partial charge in [-0.2, -0.15) is 0 Å². The molecule has 10 heteroatoms. The van der Waals surface area contributed by atoms with E-state index in [-0.39, 0.29) is 17.3 Å². The Labute approximate surface area is 232 Å². The zero-order valence-electron chi connectivity index (χ0n) is 21.6. The summed E-state index contributed by atoms with van der Waals surface area (Å²) in [7, 11) is -2.52. The van der Waals surface area contributed by atoms with Crippen molar-refractivity contribution in [2.24, 2.45) is 0 Å². The minimum atomic E-state index is -4.08. The third-order valence-electron chi connectivity index (χ3n) is 5.95. The highest BCUT2D eigenvalue weighted by Gasteiger charge is 2.32. The van der Waals surface area contributed by atoms with Crippen molar-refractivity contribution in [3.05, 3.63) is 88.9 Å². The highest BCUT2D eigenvalue weighted by atomic mass is 79.9. The summed E-state index contributed by atoms with van der Waals surface area (Å²) in [6, 6.07) is 21.0. The molecule has 3 aromatic carbocycles. The minimum Gasteiger partial charge on any atom is -0.497 e. The second kappa shape index (κ2) is 13.4. The molecule has 0 aliphatic carbocycles. The van der Waals surface area contributed by atoms with Gasteiger partial charge in [0.15, 0.2) is 0 Å². The molecule has 3 aromatic rings. The number of rotatable bonds is 12. The van der Waals surface area contributed by atoms with Gasteiger partial charge in [-0.25, -0.2) is 8.42 Å². The van der Waals surface area contributed by atoms with Gasteiger partial charge in [0.2, 0.25) is 11.8 Å². The Morgan fingerprint density at radius 2 is 1.61 bits per heavy atom. The van der Waals surface area contributed by atoms with Crippen molar-refractivity contribution in [1.82, 2.24) is 10.2 Å². The minimum absolute atomic E-state index is 0.0613. The van der Waals surface area contributed by atoms with Gasteiger partial charge in [0, 0.05) is 17.6 Å². The van der Waals surface area contributed by atoms with E-state index in [9.17, 15) is 18.0 Å². The zero-order chi connectivity index (χ0) is 27.7. The summed E-state index contributed by atoms with van der Waals surface area (Å²) < 4.78 is 34.5. The third-order valence-corrected chi connectivity index (χ3v) is 8.27. The second-order valence-electron chi connectivity index (χ2n) is 8.64. The van der Waals surface area contributed by atoms with E-state index < -0.39 is 28.5 Å². The maximum absolute atomic E-state index is 13.8. The molecule has 38 heavy (non-hydrogen) atoms. The van der Waals surface area contributed by atoms with Crippen molar-refractivity contribution in [2.75, 3.05) is 24.5 Å². The number of benzene rings is 3. The number of hydrogen-bond donors (Lipinski definition) is 1. The van der Waals surface area contributed by atoms with Crippen LogP contribution in [0.2, 0.25) is 0 Å². The standard InChI is InChI=1S/C28H32BrN3O5S/c1-4-18-30-28(34)21(2)31(19-22-10-16-25(37-3)17-11-22)27(33)20-32(24-14-12-23(29)13-15-24)38(35,36)26-8-6-5-7-9-26/h5-17,21H,4,18-20H2,1-3H3,(H,30,34). The smallest absolute Gasteiger partial charge is 0.264 e. The summed E-state index contributed by atoms with van der Waals surface area (Å²) >= 11 is 3.37. The van der Waals surface area contributed by atoms with Crippen LogP contribution in [0.1, 0.15) is 25.8 Å². The normalized spacial score (nSPS) is 11.9. The molecule has 0 saturated carbocycles. The molecule has 0 saturated heterocycles. The van der Waals surface area contributed by atoms with Crippen molar-refractivity contribution >= 4 is 43.5 Å². The van der Waals surface area contributed by atoms with Gasteiger partial charge in [-0.1, -0.05) is 53.2 Å². The van der Waals surface area contributed by atoms with Crippen LogP contribution in [0.15, 0.2) is 88.2 Å². The molecule has 0 bridgehead atoms. The molecule has 2 amide bonds. The van der Waals surface area contributed by atoms with Crippen LogP contribution in [0.25, 0.3) is 0 Å². The lowest BCUT2D eigenvalue weighted by molar-refractivity contribution is -0.139.